The summed E-state index contributed by atoms with van der Waals surface area (Å²) in [7, 11) is 0. The highest BCUT2D eigenvalue weighted by atomic mass is 35.5. The summed E-state index contributed by atoms with van der Waals surface area (Å²) in [6.07, 6.45) is 10.5. The van der Waals surface area contributed by atoms with E-state index in [0.717, 1.165) is 6.42 Å². The Morgan fingerprint density at radius 3 is 2.75 bits per heavy atom. The zero-order valence-corrected chi connectivity index (χ0v) is 15.5. The Morgan fingerprint density at radius 2 is 2.04 bits per heavy atom. The summed E-state index contributed by atoms with van der Waals surface area (Å²) in [5.74, 6) is 1.45. The van der Waals surface area contributed by atoms with E-state index in [1.54, 1.807) is 0 Å². The van der Waals surface area contributed by atoms with Crippen LogP contribution >= 0.6 is 11.6 Å². The predicted molar refractivity (Wildman–Crippen MR) is 99.8 cm³/mol. The quantitative estimate of drug-likeness (QED) is 0.529. The number of nitrogens with one attached hydrogen (secondary N) is 1. The van der Waals surface area contributed by atoms with Gasteiger partial charge in [0.15, 0.2) is 0 Å². The molecule has 1 saturated carbocycles. The SMILES string of the molecule is CCCCCCCc1ccc(OCCNC(=O)CC2CC2)c(Cl)c1. The molecule has 0 aromatic heterocycles. The Morgan fingerprint density at radius 1 is 1.25 bits per heavy atom. The lowest BCUT2D eigenvalue weighted by molar-refractivity contribution is -0.121. The summed E-state index contributed by atoms with van der Waals surface area (Å²) in [6, 6.07) is 6.03. The van der Waals surface area contributed by atoms with Gasteiger partial charge >= 0.3 is 0 Å². The second-order valence-electron chi connectivity index (χ2n) is 6.77. The van der Waals surface area contributed by atoms with Gasteiger partial charge in [0.2, 0.25) is 5.91 Å². The first-order valence-electron chi connectivity index (χ1n) is 9.37. The summed E-state index contributed by atoms with van der Waals surface area (Å²) in [6.45, 7) is 3.21. The lowest BCUT2D eigenvalue weighted by Crippen LogP contribution is -2.28. The Bertz CT molecular complexity index is 514. The van der Waals surface area contributed by atoms with E-state index in [4.69, 9.17) is 16.3 Å². The van der Waals surface area contributed by atoms with Crippen LogP contribution in [-0.2, 0) is 11.2 Å². The molecule has 4 heteroatoms. The molecule has 0 aliphatic heterocycles. The van der Waals surface area contributed by atoms with Crippen LogP contribution in [0, 0.1) is 5.92 Å². The van der Waals surface area contributed by atoms with Gasteiger partial charge in [0, 0.05) is 6.42 Å². The predicted octanol–water partition coefficient (Wildman–Crippen LogP) is 5.15. The van der Waals surface area contributed by atoms with E-state index in [-0.39, 0.29) is 5.91 Å². The van der Waals surface area contributed by atoms with Gasteiger partial charge in [-0.05, 0) is 49.3 Å². The Hall–Kier alpha value is -1.22. The first-order valence-corrected chi connectivity index (χ1v) is 9.74. The number of carbonyl (C=O) groups is 1. The molecule has 1 N–H and O–H groups in total. The van der Waals surface area contributed by atoms with E-state index >= 15 is 0 Å². The molecule has 1 aliphatic carbocycles. The number of hydrogen-bond acceptors (Lipinski definition) is 2. The van der Waals surface area contributed by atoms with Crippen molar-refractivity contribution in [3.05, 3.63) is 28.8 Å². The van der Waals surface area contributed by atoms with Crippen LogP contribution in [0.25, 0.3) is 0 Å². The Labute approximate surface area is 151 Å². The van der Waals surface area contributed by atoms with Gasteiger partial charge in [-0.3, -0.25) is 4.79 Å². The van der Waals surface area contributed by atoms with E-state index in [1.165, 1.54) is 50.5 Å². The standard InChI is InChI=1S/C20H30ClNO2/c1-2-3-4-5-6-7-16-10-11-19(18(21)14-16)24-13-12-22-20(23)15-17-8-9-17/h10-11,14,17H,2-9,12-13,15H2,1H3,(H,22,23). The maximum atomic E-state index is 11.6. The number of rotatable bonds is 12. The molecule has 0 bridgehead atoms. The van der Waals surface area contributed by atoms with E-state index in [9.17, 15) is 4.79 Å². The Balaban J connectivity index is 1.62. The second kappa shape index (κ2) is 10.6. The van der Waals surface area contributed by atoms with Gasteiger partial charge in [-0.25, -0.2) is 0 Å². The van der Waals surface area contributed by atoms with Crippen LogP contribution in [0.15, 0.2) is 18.2 Å². The summed E-state index contributed by atoms with van der Waals surface area (Å²) >= 11 is 6.30. The number of aryl methyl sites for hydroxylation is 1. The van der Waals surface area contributed by atoms with Crippen molar-refractivity contribution in [1.29, 1.82) is 0 Å². The largest absolute Gasteiger partial charge is 0.490 e. The fraction of sp³-hybridized carbons (Fsp3) is 0.650. The molecule has 0 radical (unpaired) electrons. The van der Waals surface area contributed by atoms with E-state index in [2.05, 4.69) is 18.3 Å². The van der Waals surface area contributed by atoms with E-state index in [1.807, 2.05) is 12.1 Å². The van der Waals surface area contributed by atoms with Gasteiger partial charge in [0.05, 0.1) is 11.6 Å². The molecule has 134 valence electrons. The van der Waals surface area contributed by atoms with Crippen molar-refractivity contribution in [3.8, 4) is 5.75 Å². The number of benzene rings is 1. The lowest BCUT2D eigenvalue weighted by atomic mass is 10.1. The summed E-state index contributed by atoms with van der Waals surface area (Å²) in [4.78, 5) is 11.6. The maximum Gasteiger partial charge on any atom is 0.220 e. The smallest absolute Gasteiger partial charge is 0.220 e. The highest BCUT2D eigenvalue weighted by Crippen LogP contribution is 2.32. The minimum Gasteiger partial charge on any atom is -0.490 e. The molecule has 1 aromatic carbocycles. The molecule has 1 amide bonds. The number of carbonyl (C=O) groups excluding carboxylic acids is 1. The fourth-order valence-corrected chi connectivity index (χ4v) is 3.02. The van der Waals surface area contributed by atoms with E-state index < -0.39 is 0 Å². The summed E-state index contributed by atoms with van der Waals surface area (Å²) in [5, 5.41) is 3.55. The van der Waals surface area contributed by atoms with Crippen molar-refractivity contribution in [3.63, 3.8) is 0 Å². The third-order valence-corrected chi connectivity index (χ3v) is 4.71. The van der Waals surface area contributed by atoms with Crippen LogP contribution in [0.2, 0.25) is 5.02 Å². The molecular formula is C20H30ClNO2. The molecule has 0 unspecified atom stereocenters. The minimum atomic E-state index is 0.130. The first kappa shape index (κ1) is 19.1. The van der Waals surface area contributed by atoms with Crippen LogP contribution < -0.4 is 10.1 Å². The van der Waals surface area contributed by atoms with Crippen LogP contribution in [0.4, 0.5) is 0 Å². The molecule has 1 aliphatic rings. The summed E-state index contributed by atoms with van der Waals surface area (Å²) < 4.78 is 5.67. The molecular weight excluding hydrogens is 322 g/mol. The third-order valence-electron chi connectivity index (χ3n) is 4.42. The van der Waals surface area contributed by atoms with Gasteiger partial charge in [-0.2, -0.15) is 0 Å². The van der Waals surface area contributed by atoms with Crippen molar-refractivity contribution in [2.45, 2.75) is 64.7 Å². The average Bonchev–Trinajstić information content (AvgIpc) is 3.37. The molecule has 0 spiro atoms. The molecule has 0 heterocycles. The minimum absolute atomic E-state index is 0.130. The highest BCUT2D eigenvalue weighted by molar-refractivity contribution is 6.32. The van der Waals surface area contributed by atoms with Crippen molar-refractivity contribution < 1.29 is 9.53 Å². The number of amides is 1. The fourth-order valence-electron chi connectivity index (χ4n) is 2.76. The average molecular weight is 352 g/mol. The molecule has 3 nitrogen and oxygen atoms in total. The van der Waals surface area contributed by atoms with Crippen LogP contribution in [0.1, 0.15) is 63.9 Å². The molecule has 2 rings (SSSR count). The number of unbranched alkanes of at least 4 members (excludes halogenated alkanes) is 4. The lowest BCUT2D eigenvalue weighted by Gasteiger charge is -2.10. The zero-order chi connectivity index (χ0) is 17.2. The van der Waals surface area contributed by atoms with Crippen LogP contribution in [-0.4, -0.2) is 19.1 Å². The van der Waals surface area contributed by atoms with Crippen molar-refractivity contribution in [2.75, 3.05) is 13.2 Å². The van der Waals surface area contributed by atoms with Gasteiger partial charge in [-0.1, -0.05) is 50.3 Å². The summed E-state index contributed by atoms with van der Waals surface area (Å²) in [5.41, 5.74) is 1.27. The van der Waals surface area contributed by atoms with Crippen molar-refractivity contribution in [2.24, 2.45) is 5.92 Å². The van der Waals surface area contributed by atoms with Crippen molar-refractivity contribution in [1.82, 2.24) is 5.32 Å². The molecule has 0 saturated heterocycles. The normalized spacial score (nSPS) is 13.8. The first-order chi connectivity index (χ1) is 11.7. The topological polar surface area (TPSA) is 38.3 Å². The van der Waals surface area contributed by atoms with Gasteiger partial charge < -0.3 is 10.1 Å². The zero-order valence-electron chi connectivity index (χ0n) is 14.8. The number of ether oxygens (including phenoxy) is 1. The second-order valence-corrected chi connectivity index (χ2v) is 7.18. The van der Waals surface area contributed by atoms with Crippen LogP contribution in [0.5, 0.6) is 5.75 Å². The van der Waals surface area contributed by atoms with Gasteiger partial charge in [0.25, 0.3) is 0 Å². The highest BCUT2D eigenvalue weighted by Gasteiger charge is 2.23. The number of hydrogen-bond donors (Lipinski definition) is 1. The Kier molecular flexibility index (Phi) is 8.44. The maximum absolute atomic E-state index is 11.6. The van der Waals surface area contributed by atoms with Gasteiger partial charge in [0.1, 0.15) is 12.4 Å². The van der Waals surface area contributed by atoms with Gasteiger partial charge in [-0.15, -0.1) is 0 Å². The monoisotopic (exact) mass is 351 g/mol. The molecule has 24 heavy (non-hydrogen) atoms. The van der Waals surface area contributed by atoms with Crippen molar-refractivity contribution >= 4 is 17.5 Å². The number of halogens is 1. The molecule has 1 fully saturated rings. The molecule has 0 atom stereocenters. The van der Waals surface area contributed by atoms with Crippen LogP contribution in [0.3, 0.4) is 0 Å². The van der Waals surface area contributed by atoms with E-state index in [0.29, 0.717) is 36.3 Å². The third kappa shape index (κ3) is 7.57. The molecule has 1 aromatic rings.